The van der Waals surface area contributed by atoms with Gasteiger partial charge in [0.1, 0.15) is 6.61 Å². The topological polar surface area (TPSA) is 77.0 Å². The Morgan fingerprint density at radius 1 is 1.12 bits per heavy atom. The minimum absolute atomic E-state index is 0.0865. The molecule has 1 aromatic carbocycles. The lowest BCUT2D eigenvalue weighted by molar-refractivity contribution is -0.0767. The van der Waals surface area contributed by atoms with Crippen molar-refractivity contribution in [1.29, 1.82) is 0 Å². The first kappa shape index (κ1) is 29.9. The molecule has 0 aliphatic rings. The van der Waals surface area contributed by atoms with E-state index >= 15 is 0 Å². The molecular formula is C28H45NO5. The number of rotatable bonds is 17. The van der Waals surface area contributed by atoms with Gasteiger partial charge < -0.3 is 24.6 Å². The minimum atomic E-state index is -0.442. The van der Waals surface area contributed by atoms with Crippen molar-refractivity contribution in [3.63, 3.8) is 0 Å². The number of carbonyl (C=O) groups is 1. The average Bonchev–Trinajstić information content (AvgIpc) is 2.77. The van der Waals surface area contributed by atoms with E-state index in [2.05, 4.69) is 30.1 Å². The number of aliphatic hydroxyl groups excluding tert-OH is 1. The van der Waals surface area contributed by atoms with Crippen LogP contribution in [0, 0.1) is 0 Å². The maximum absolute atomic E-state index is 12.3. The first-order valence-corrected chi connectivity index (χ1v) is 12.2. The number of benzene rings is 1. The van der Waals surface area contributed by atoms with Crippen molar-refractivity contribution in [3.8, 4) is 0 Å². The number of amides is 1. The highest BCUT2D eigenvalue weighted by molar-refractivity contribution is 5.67. The van der Waals surface area contributed by atoms with Gasteiger partial charge in [0.25, 0.3) is 0 Å². The smallest absolute Gasteiger partial charge is 0.407 e. The van der Waals surface area contributed by atoms with E-state index in [-0.39, 0.29) is 23.7 Å². The number of hydrogen-bond donors (Lipinski definition) is 2. The monoisotopic (exact) mass is 475 g/mol. The molecule has 0 bridgehead atoms. The largest absolute Gasteiger partial charge is 0.449 e. The number of alkyl carbamates (subject to hydrolysis) is 1. The third-order valence-electron chi connectivity index (χ3n) is 5.71. The van der Waals surface area contributed by atoms with Crippen LogP contribution in [0.25, 0.3) is 0 Å². The van der Waals surface area contributed by atoms with Crippen LogP contribution in [0.5, 0.6) is 0 Å². The normalized spacial score (nSPS) is 13.1. The lowest BCUT2D eigenvalue weighted by Gasteiger charge is -2.29. The molecule has 0 fully saturated rings. The molecule has 1 amide bonds. The fraction of sp³-hybridized carbons (Fsp3) is 0.607. The van der Waals surface area contributed by atoms with Gasteiger partial charge in [-0.25, -0.2) is 4.79 Å². The summed E-state index contributed by atoms with van der Waals surface area (Å²) >= 11 is 0. The molecule has 0 radical (unpaired) electrons. The summed E-state index contributed by atoms with van der Waals surface area (Å²) in [5, 5.41) is 11.9. The molecule has 2 N–H and O–H groups in total. The van der Waals surface area contributed by atoms with Gasteiger partial charge in [-0.1, -0.05) is 42.5 Å². The standard InChI is InChI=1S/C28H45NO5/c1-7-9-13-24(25-15-11-10-14-23(25)12-8-2)22-32-26(31)29-18-21-34-28(5,6)17-20-33-27(3,4)16-19-30/h7-11,14-15,24,30H,2,12-13,16-22H2,1,3-6H3,(H,29,31)/b9-7-. The van der Waals surface area contributed by atoms with Crippen LogP contribution in [0.4, 0.5) is 4.79 Å². The minimum Gasteiger partial charge on any atom is -0.449 e. The number of ether oxygens (including phenoxy) is 3. The number of carbonyl (C=O) groups excluding carboxylic acids is 1. The Morgan fingerprint density at radius 2 is 1.79 bits per heavy atom. The molecule has 0 heterocycles. The van der Waals surface area contributed by atoms with Crippen LogP contribution >= 0.6 is 0 Å². The fourth-order valence-electron chi connectivity index (χ4n) is 3.55. The van der Waals surface area contributed by atoms with Gasteiger partial charge in [0, 0.05) is 19.1 Å². The second-order valence-electron chi connectivity index (χ2n) is 9.66. The first-order valence-electron chi connectivity index (χ1n) is 12.2. The molecule has 0 saturated heterocycles. The highest BCUT2D eigenvalue weighted by Gasteiger charge is 2.22. The molecule has 1 atom stereocenters. The van der Waals surface area contributed by atoms with E-state index < -0.39 is 6.09 Å². The predicted molar refractivity (Wildman–Crippen MR) is 138 cm³/mol. The number of allylic oxidation sites excluding steroid dienone is 3. The summed E-state index contributed by atoms with van der Waals surface area (Å²) in [5.41, 5.74) is 1.65. The Hall–Kier alpha value is -2.15. The maximum atomic E-state index is 12.3. The highest BCUT2D eigenvalue weighted by Crippen LogP contribution is 2.25. The SMILES string of the molecule is C=CCc1ccccc1C(C/C=C\C)COC(=O)NCCOC(C)(C)CCOC(C)(C)CCO. The molecule has 6 heteroatoms. The summed E-state index contributed by atoms with van der Waals surface area (Å²) in [7, 11) is 0. The van der Waals surface area contributed by atoms with Crippen LogP contribution in [0.3, 0.4) is 0 Å². The molecule has 0 aliphatic heterocycles. The molecular weight excluding hydrogens is 430 g/mol. The molecule has 0 saturated carbocycles. The van der Waals surface area contributed by atoms with Gasteiger partial charge in [-0.15, -0.1) is 6.58 Å². The van der Waals surface area contributed by atoms with Crippen molar-refractivity contribution in [2.75, 3.05) is 33.0 Å². The maximum Gasteiger partial charge on any atom is 0.407 e. The quantitative estimate of drug-likeness (QED) is 0.228. The van der Waals surface area contributed by atoms with Gasteiger partial charge in [-0.2, -0.15) is 0 Å². The Kier molecular flexibility index (Phi) is 13.8. The van der Waals surface area contributed by atoms with E-state index in [0.717, 1.165) is 12.8 Å². The van der Waals surface area contributed by atoms with Crippen molar-refractivity contribution >= 4 is 6.09 Å². The summed E-state index contributed by atoms with van der Waals surface area (Å²) in [6.45, 7) is 15.5. The van der Waals surface area contributed by atoms with Crippen molar-refractivity contribution in [2.45, 2.75) is 77.4 Å². The van der Waals surface area contributed by atoms with E-state index in [1.54, 1.807) is 0 Å². The van der Waals surface area contributed by atoms with Crippen LogP contribution in [0.15, 0.2) is 49.1 Å². The highest BCUT2D eigenvalue weighted by atomic mass is 16.5. The van der Waals surface area contributed by atoms with Crippen LogP contribution in [-0.4, -0.2) is 55.4 Å². The first-order chi connectivity index (χ1) is 16.1. The zero-order valence-electron chi connectivity index (χ0n) is 21.8. The summed E-state index contributed by atoms with van der Waals surface area (Å²) in [6, 6.07) is 8.23. The lowest BCUT2D eigenvalue weighted by Crippen LogP contribution is -2.35. The van der Waals surface area contributed by atoms with Crippen LogP contribution < -0.4 is 5.32 Å². The molecule has 192 valence electrons. The zero-order chi connectivity index (χ0) is 25.5. The Balaban J connectivity index is 2.44. The predicted octanol–water partition coefficient (Wildman–Crippen LogP) is 5.55. The van der Waals surface area contributed by atoms with E-state index in [4.69, 9.17) is 19.3 Å². The van der Waals surface area contributed by atoms with Gasteiger partial charge in [0.2, 0.25) is 0 Å². The van der Waals surface area contributed by atoms with E-state index in [0.29, 0.717) is 39.2 Å². The Bertz CT molecular complexity index is 757. The summed E-state index contributed by atoms with van der Waals surface area (Å²) in [4.78, 5) is 12.3. The molecule has 1 rings (SSSR count). The average molecular weight is 476 g/mol. The third-order valence-corrected chi connectivity index (χ3v) is 5.71. The summed E-state index contributed by atoms with van der Waals surface area (Å²) in [6.07, 6.45) is 8.45. The van der Waals surface area contributed by atoms with Gasteiger partial charge >= 0.3 is 6.09 Å². The van der Waals surface area contributed by atoms with Crippen LogP contribution in [0.1, 0.15) is 70.9 Å². The van der Waals surface area contributed by atoms with Crippen molar-refractivity contribution < 1.29 is 24.1 Å². The number of aliphatic hydroxyl groups is 1. The molecule has 34 heavy (non-hydrogen) atoms. The Morgan fingerprint density at radius 3 is 2.47 bits per heavy atom. The summed E-state index contributed by atoms with van der Waals surface area (Å²) in [5.74, 6) is 0.0865. The third kappa shape index (κ3) is 12.4. The summed E-state index contributed by atoms with van der Waals surface area (Å²) < 4.78 is 17.3. The van der Waals surface area contributed by atoms with Crippen molar-refractivity contribution in [1.82, 2.24) is 5.32 Å². The second-order valence-corrected chi connectivity index (χ2v) is 9.66. The Labute approximate surface area is 206 Å². The fourth-order valence-corrected chi connectivity index (χ4v) is 3.55. The van der Waals surface area contributed by atoms with E-state index in [1.807, 2.05) is 58.9 Å². The lowest BCUT2D eigenvalue weighted by atomic mass is 9.90. The molecule has 6 nitrogen and oxygen atoms in total. The van der Waals surface area contributed by atoms with Gasteiger partial charge in [0.05, 0.1) is 24.4 Å². The van der Waals surface area contributed by atoms with E-state index in [9.17, 15) is 4.79 Å². The van der Waals surface area contributed by atoms with Crippen LogP contribution in [0.2, 0.25) is 0 Å². The molecule has 1 unspecified atom stereocenters. The second kappa shape index (κ2) is 15.7. The van der Waals surface area contributed by atoms with Gasteiger partial charge in [-0.3, -0.25) is 0 Å². The van der Waals surface area contributed by atoms with Crippen LogP contribution in [-0.2, 0) is 20.6 Å². The molecule has 1 aromatic rings. The van der Waals surface area contributed by atoms with E-state index in [1.165, 1.54) is 11.1 Å². The zero-order valence-corrected chi connectivity index (χ0v) is 21.8. The van der Waals surface area contributed by atoms with Gasteiger partial charge in [0.15, 0.2) is 0 Å². The molecule has 0 aliphatic carbocycles. The number of hydrogen-bond acceptors (Lipinski definition) is 5. The molecule has 0 spiro atoms. The van der Waals surface area contributed by atoms with Crippen molar-refractivity contribution in [3.05, 3.63) is 60.2 Å². The molecule has 0 aromatic heterocycles. The van der Waals surface area contributed by atoms with Gasteiger partial charge in [-0.05, 0) is 71.4 Å². The van der Waals surface area contributed by atoms with Crippen molar-refractivity contribution in [2.24, 2.45) is 0 Å². The number of nitrogens with one attached hydrogen (secondary N) is 1.